The fourth-order valence-corrected chi connectivity index (χ4v) is 13.4. The van der Waals surface area contributed by atoms with Gasteiger partial charge < -0.3 is 223 Å². The Morgan fingerprint density at radius 2 is 0.374 bits per heavy atom. The second kappa shape index (κ2) is 34.0. The molecule has 0 aliphatic carbocycles. The van der Waals surface area contributed by atoms with E-state index >= 15 is 0 Å². The van der Waals surface area contributed by atoms with Crippen LogP contribution in [0.4, 0.5) is 0 Å². The van der Waals surface area contributed by atoms with E-state index < -0.39 is 336 Å². The van der Waals surface area contributed by atoms with E-state index in [0.717, 1.165) is 0 Å². The molecule has 0 aromatic rings. The van der Waals surface area contributed by atoms with Gasteiger partial charge in [-0.15, -0.1) is 0 Å². The number of ether oxygens (including phenoxy) is 18. The van der Waals surface area contributed by atoms with Crippen molar-refractivity contribution in [3.63, 3.8) is 0 Å². The van der Waals surface area contributed by atoms with Crippen molar-refractivity contribution < 1.29 is 223 Å². The summed E-state index contributed by atoms with van der Waals surface area (Å²) in [6.07, 6.45) is -95.6. The number of rotatable bonds is 13. The molecule has 576 valence electrons. The molecular formula is C54H90O45. The van der Waals surface area contributed by atoms with E-state index in [1.165, 1.54) is 0 Å². The molecule has 0 radical (unpaired) electrons. The van der Waals surface area contributed by atoms with Gasteiger partial charge in [-0.1, -0.05) is 0 Å². The van der Waals surface area contributed by atoms with E-state index in [1.807, 2.05) is 0 Å². The highest BCUT2D eigenvalue weighted by Gasteiger charge is 2.62. The lowest BCUT2D eigenvalue weighted by atomic mass is 9.94. The Morgan fingerprint density at radius 3 is 0.636 bits per heavy atom. The maximum Gasteiger partial charge on any atom is 0.187 e. The summed E-state index contributed by atoms with van der Waals surface area (Å²) in [4.78, 5) is 0. The van der Waals surface area contributed by atoms with Crippen LogP contribution in [0.5, 0.6) is 0 Å². The molecule has 45 atom stereocenters. The predicted octanol–water partition coefficient (Wildman–Crippen LogP) is -19.6. The molecule has 0 amide bonds. The van der Waals surface area contributed by atoms with Gasteiger partial charge in [0.2, 0.25) is 0 Å². The molecule has 17 saturated heterocycles. The molecule has 17 heterocycles. The summed E-state index contributed by atoms with van der Waals surface area (Å²) in [7, 11) is 0. The van der Waals surface area contributed by atoms with Crippen molar-refractivity contribution in [2.24, 2.45) is 0 Å². The molecule has 17 rings (SSSR count). The van der Waals surface area contributed by atoms with Crippen molar-refractivity contribution in [3.05, 3.63) is 0 Å². The minimum absolute atomic E-state index is 0.935. The van der Waals surface area contributed by atoms with Crippen molar-refractivity contribution >= 4 is 0 Å². The van der Waals surface area contributed by atoms with Crippen LogP contribution in [-0.2, 0) is 85.3 Å². The first-order valence-electron chi connectivity index (χ1n) is 31.7. The molecule has 0 spiro atoms. The van der Waals surface area contributed by atoms with Crippen molar-refractivity contribution in [2.75, 3.05) is 59.5 Å². The lowest BCUT2D eigenvalue weighted by Gasteiger charge is -2.51. The summed E-state index contributed by atoms with van der Waals surface area (Å²) in [5.74, 6) is 0. The average molecular weight is 1460 g/mol. The molecular weight excluding hydrogens is 1370 g/mol. The highest BCUT2D eigenvalue weighted by molar-refractivity contribution is 5.03. The van der Waals surface area contributed by atoms with Gasteiger partial charge in [0.25, 0.3) is 0 Å². The standard InChI is InChI=1S/C54H90O45/c55-1-10-19(64)20(65)28(73)46(82-10)91-37-16(7-61)89-53(35(80)26(37)71)99-45-36(81)44-18(9-63)90-54(45)98-43-17(8-62)88-51(34(79)27(43)72)96-41-14(5-59)86-49(32(77)24(41)69)94-39-12(3-57)84-47(30(75)22(39)67)92-38-11(2-56)83-48(29(74)21(38)66)93-40-13(4-58)85-50(31(76)23(40)68)95-42-15(6-60)87-52(97-44)33(78)25(42)70/h10-81H,1-9H2/t10-,11-,12-,13-,14-,15-,16+,17-,18+,19-,20+,21-,22+,23-,24+,25-,26+,27+,28-,29-,30+,31-,32+,33-,34+,35+,36+,37+,38-,39-,40-,41-,42-,43-,44-,45-,46+,47-,48-,49-,50-,51-,52-,53?,54-/m1/s1. The first-order chi connectivity index (χ1) is 47.1. The Labute approximate surface area is 558 Å². The fraction of sp³-hybridized carbons (Fsp3) is 1.00. The van der Waals surface area contributed by atoms with Crippen molar-refractivity contribution in [1.82, 2.24) is 0 Å². The third-order valence-corrected chi connectivity index (χ3v) is 19.0. The molecule has 45 heteroatoms. The highest BCUT2D eigenvalue weighted by atomic mass is 16.8. The van der Waals surface area contributed by atoms with Crippen LogP contribution in [0, 0.1) is 0 Å². The number of aliphatic hydroxyl groups is 27. The van der Waals surface area contributed by atoms with E-state index in [2.05, 4.69) is 0 Å². The largest absolute Gasteiger partial charge is 0.394 e. The quantitative estimate of drug-likeness (QED) is 0.0814. The molecule has 0 saturated carbocycles. The van der Waals surface area contributed by atoms with E-state index in [4.69, 9.17) is 85.3 Å². The van der Waals surface area contributed by atoms with Gasteiger partial charge >= 0.3 is 0 Å². The van der Waals surface area contributed by atoms with Crippen LogP contribution in [0.1, 0.15) is 0 Å². The summed E-state index contributed by atoms with van der Waals surface area (Å²) in [5, 5.41) is 300. The second-order valence-corrected chi connectivity index (χ2v) is 25.3. The molecule has 45 nitrogen and oxygen atoms in total. The Balaban J connectivity index is 0.963. The molecule has 99 heavy (non-hydrogen) atoms. The van der Waals surface area contributed by atoms with Crippen molar-refractivity contribution in [2.45, 2.75) is 276 Å². The first-order valence-corrected chi connectivity index (χ1v) is 31.7. The van der Waals surface area contributed by atoms with Crippen molar-refractivity contribution in [3.8, 4) is 0 Å². The SMILES string of the molecule is OC[C@@H]1OC(O[C@H]2[C@H]3O[C@H]4[C@@H](O)[C@H](O)[C@@H](O[C@H]5[C@@H](O)[C@H](O)[C@@H](O[C@H]6[C@@H](O)[C@H](O)[C@@H](O[C@H]7[C@H](O)[C@@H](O)[C@@H](O[C@H]8[C@H](O)[C@@H](O)[C@@H](O[C@H]9[C@H](O)[C@@H](O)[C@@H](O[C@@H]([C@@H]2O)[C@H](CO)O3)O[C@@H]9CO)O[C@@H]8CO)O[C@@H]7CO)O[C@@H]6CO)O[C@@H]5CO)O[C@@H]4CO)[C@@H](O)[C@H](O)[C@H]1O[C@@H]1O[C@H](CO)[C@@H](O)[C@H](O)[C@H]1O. The van der Waals surface area contributed by atoms with Gasteiger partial charge in [-0.25, -0.2) is 0 Å². The zero-order chi connectivity index (χ0) is 72.1. The van der Waals surface area contributed by atoms with Crippen LogP contribution < -0.4 is 0 Å². The summed E-state index contributed by atoms with van der Waals surface area (Å²) in [6, 6.07) is 0. The summed E-state index contributed by atoms with van der Waals surface area (Å²) >= 11 is 0. The van der Waals surface area contributed by atoms with Gasteiger partial charge in [-0.3, -0.25) is 0 Å². The van der Waals surface area contributed by atoms with Gasteiger partial charge in [-0.2, -0.15) is 0 Å². The summed E-state index contributed by atoms with van der Waals surface area (Å²) in [6.45, 7) is -10.2. The first kappa shape index (κ1) is 79.8. The third kappa shape index (κ3) is 15.8. The topological polar surface area (TPSA) is 712 Å². The molecule has 0 aromatic carbocycles. The summed E-state index contributed by atoms with van der Waals surface area (Å²) < 4.78 is 104. The van der Waals surface area contributed by atoms with Gasteiger partial charge in [0.15, 0.2) is 56.6 Å². The lowest BCUT2D eigenvalue weighted by molar-refractivity contribution is -0.413. The van der Waals surface area contributed by atoms with Gasteiger partial charge in [0.05, 0.1) is 59.5 Å². The Morgan fingerprint density at radius 1 is 0.162 bits per heavy atom. The second-order valence-electron chi connectivity index (χ2n) is 25.3. The monoisotopic (exact) mass is 1460 g/mol. The zero-order valence-electron chi connectivity index (χ0n) is 51.8. The van der Waals surface area contributed by atoms with E-state index in [1.54, 1.807) is 0 Å². The number of hydrogen-bond acceptors (Lipinski definition) is 45. The Bertz CT molecular complexity index is 2460. The predicted molar refractivity (Wildman–Crippen MR) is 294 cm³/mol. The molecule has 17 aliphatic heterocycles. The van der Waals surface area contributed by atoms with Gasteiger partial charge in [-0.05, 0) is 0 Å². The smallest absolute Gasteiger partial charge is 0.187 e. The number of fused-ring (bicyclic) bond motifs is 7. The normalized spacial score (nSPS) is 55.1. The fourth-order valence-electron chi connectivity index (χ4n) is 13.4. The molecule has 14 bridgehead atoms. The van der Waals surface area contributed by atoms with E-state index in [-0.39, 0.29) is 0 Å². The van der Waals surface area contributed by atoms with Gasteiger partial charge in [0, 0.05) is 0 Å². The number of aliphatic hydroxyl groups excluding tert-OH is 27. The van der Waals surface area contributed by atoms with Crippen LogP contribution in [0.15, 0.2) is 0 Å². The van der Waals surface area contributed by atoms with E-state index in [0.29, 0.717) is 0 Å². The van der Waals surface area contributed by atoms with E-state index in [9.17, 15) is 138 Å². The maximum absolute atomic E-state index is 12.5. The molecule has 17 aliphatic rings. The minimum Gasteiger partial charge on any atom is -0.394 e. The van der Waals surface area contributed by atoms with Gasteiger partial charge in [0.1, 0.15) is 220 Å². The zero-order valence-corrected chi connectivity index (χ0v) is 51.8. The van der Waals surface area contributed by atoms with Crippen LogP contribution in [0.25, 0.3) is 0 Å². The molecule has 1 unspecified atom stereocenters. The minimum atomic E-state index is -2.46. The highest BCUT2D eigenvalue weighted by Crippen LogP contribution is 2.41. The van der Waals surface area contributed by atoms with Crippen LogP contribution in [0.2, 0.25) is 0 Å². The number of hydrogen-bond donors (Lipinski definition) is 27. The Kier molecular flexibility index (Phi) is 27.4. The van der Waals surface area contributed by atoms with Crippen LogP contribution in [0.3, 0.4) is 0 Å². The lowest BCUT2D eigenvalue weighted by Crippen LogP contribution is -2.69. The molecule has 17 fully saturated rings. The third-order valence-electron chi connectivity index (χ3n) is 19.0. The molecule has 0 aromatic heterocycles. The van der Waals surface area contributed by atoms with Crippen LogP contribution >= 0.6 is 0 Å². The average Bonchev–Trinajstić information content (AvgIpc) is 0.789. The maximum atomic E-state index is 12.5. The van der Waals surface area contributed by atoms with Crippen LogP contribution in [-0.4, -0.2) is 474 Å². The summed E-state index contributed by atoms with van der Waals surface area (Å²) in [5.41, 5.74) is 0. The molecule has 27 N–H and O–H groups in total. The Hall–Kier alpha value is -1.80. The van der Waals surface area contributed by atoms with Crippen molar-refractivity contribution in [1.29, 1.82) is 0 Å².